The minimum Gasteiger partial charge on any atom is -0.456 e. The smallest absolute Gasteiger partial charge is 0.287 e. The molecule has 2 aromatic rings. The molecule has 24 heavy (non-hydrogen) atoms. The van der Waals surface area contributed by atoms with Gasteiger partial charge in [-0.25, -0.2) is 4.39 Å². The molecule has 2 atom stereocenters. The third-order valence-electron chi connectivity index (χ3n) is 4.46. The van der Waals surface area contributed by atoms with Crippen LogP contribution in [-0.2, 0) is 11.2 Å². The van der Waals surface area contributed by atoms with E-state index in [1.54, 1.807) is 12.1 Å². The lowest BCUT2D eigenvalue weighted by Crippen LogP contribution is -2.30. The summed E-state index contributed by atoms with van der Waals surface area (Å²) in [5.74, 6) is 0.897. The van der Waals surface area contributed by atoms with Crippen LogP contribution in [0, 0.1) is 18.7 Å². The molecule has 1 aliphatic heterocycles. The molecule has 1 aliphatic rings. The molecule has 1 N–H and O–H groups in total. The van der Waals surface area contributed by atoms with Gasteiger partial charge in [-0.3, -0.25) is 4.79 Å². The van der Waals surface area contributed by atoms with E-state index in [-0.39, 0.29) is 23.7 Å². The first-order chi connectivity index (χ1) is 11.6. The van der Waals surface area contributed by atoms with Crippen LogP contribution >= 0.6 is 0 Å². The summed E-state index contributed by atoms with van der Waals surface area (Å²) >= 11 is 0. The standard InChI is InChI=1S/C19H22FNO3/c1-3-16-10-12(2)17(24-16)19(22)21-11-14-8-9-23-18(14)13-4-6-15(20)7-5-13/h4-7,10,14,18H,3,8-9,11H2,1-2H3,(H,21,22)/t14-,18-/m0/s1. The number of nitrogens with one attached hydrogen (secondary N) is 1. The monoisotopic (exact) mass is 331 g/mol. The highest BCUT2D eigenvalue weighted by Gasteiger charge is 2.30. The fraction of sp³-hybridized carbons (Fsp3) is 0.421. The summed E-state index contributed by atoms with van der Waals surface area (Å²) in [6.07, 6.45) is 1.51. The van der Waals surface area contributed by atoms with Crippen molar-refractivity contribution in [1.82, 2.24) is 5.32 Å². The number of halogens is 1. The van der Waals surface area contributed by atoms with Gasteiger partial charge >= 0.3 is 0 Å². The third kappa shape index (κ3) is 3.51. The third-order valence-corrected chi connectivity index (χ3v) is 4.46. The number of rotatable bonds is 5. The summed E-state index contributed by atoms with van der Waals surface area (Å²) < 4.78 is 24.4. The predicted octanol–water partition coefficient (Wildman–Crippen LogP) is 3.80. The van der Waals surface area contributed by atoms with Crippen molar-refractivity contribution in [1.29, 1.82) is 0 Å². The van der Waals surface area contributed by atoms with Crippen molar-refractivity contribution >= 4 is 5.91 Å². The number of ether oxygens (including phenoxy) is 1. The van der Waals surface area contributed by atoms with Crippen molar-refractivity contribution < 1.29 is 18.3 Å². The molecule has 2 heterocycles. The predicted molar refractivity (Wildman–Crippen MR) is 88.4 cm³/mol. The molecule has 1 amide bonds. The molecule has 0 saturated carbocycles. The van der Waals surface area contributed by atoms with Crippen molar-refractivity contribution in [2.24, 2.45) is 5.92 Å². The largest absolute Gasteiger partial charge is 0.456 e. The average Bonchev–Trinajstić information content (AvgIpc) is 3.19. The van der Waals surface area contributed by atoms with Gasteiger partial charge in [0, 0.05) is 31.1 Å². The number of furan rings is 1. The average molecular weight is 331 g/mol. The van der Waals surface area contributed by atoms with Crippen LogP contribution in [0.2, 0.25) is 0 Å². The number of benzene rings is 1. The first-order valence-corrected chi connectivity index (χ1v) is 8.33. The molecule has 1 aromatic carbocycles. The highest BCUT2D eigenvalue weighted by molar-refractivity contribution is 5.92. The maximum absolute atomic E-state index is 13.1. The van der Waals surface area contributed by atoms with Gasteiger partial charge in [-0.1, -0.05) is 19.1 Å². The van der Waals surface area contributed by atoms with Crippen LogP contribution in [0.1, 0.15) is 46.9 Å². The normalized spacial score (nSPS) is 20.3. The fourth-order valence-electron chi connectivity index (χ4n) is 3.12. The van der Waals surface area contributed by atoms with E-state index < -0.39 is 0 Å². The number of aryl methyl sites for hydroxylation is 2. The summed E-state index contributed by atoms with van der Waals surface area (Å²) in [5.41, 5.74) is 1.79. The van der Waals surface area contributed by atoms with Gasteiger partial charge in [0.2, 0.25) is 0 Å². The topological polar surface area (TPSA) is 51.5 Å². The molecule has 0 bridgehead atoms. The Bertz CT molecular complexity index is 708. The minimum absolute atomic E-state index is 0.116. The van der Waals surface area contributed by atoms with E-state index in [0.29, 0.717) is 18.9 Å². The Labute approximate surface area is 141 Å². The van der Waals surface area contributed by atoms with Crippen LogP contribution in [0.4, 0.5) is 4.39 Å². The van der Waals surface area contributed by atoms with Gasteiger partial charge < -0.3 is 14.5 Å². The first kappa shape index (κ1) is 16.7. The van der Waals surface area contributed by atoms with Gasteiger partial charge in [-0.15, -0.1) is 0 Å². The van der Waals surface area contributed by atoms with Crippen molar-refractivity contribution in [2.45, 2.75) is 32.8 Å². The molecule has 0 aliphatic carbocycles. The van der Waals surface area contributed by atoms with E-state index in [2.05, 4.69) is 5.32 Å². The van der Waals surface area contributed by atoms with Gasteiger partial charge in [0.15, 0.2) is 5.76 Å². The van der Waals surface area contributed by atoms with E-state index in [0.717, 1.165) is 29.7 Å². The van der Waals surface area contributed by atoms with Crippen LogP contribution in [0.5, 0.6) is 0 Å². The highest BCUT2D eigenvalue weighted by atomic mass is 19.1. The van der Waals surface area contributed by atoms with Crippen LogP contribution in [0.25, 0.3) is 0 Å². The molecule has 3 rings (SSSR count). The number of hydrogen-bond donors (Lipinski definition) is 1. The zero-order valence-electron chi connectivity index (χ0n) is 14.0. The Hall–Kier alpha value is -2.14. The van der Waals surface area contributed by atoms with E-state index in [4.69, 9.17) is 9.15 Å². The van der Waals surface area contributed by atoms with E-state index in [1.165, 1.54) is 12.1 Å². The SMILES string of the molecule is CCc1cc(C)c(C(=O)NC[C@@H]2CCO[C@H]2c2ccc(F)cc2)o1. The minimum atomic E-state index is -0.262. The number of carbonyl (C=O) groups is 1. The van der Waals surface area contributed by atoms with Gasteiger partial charge in [0.25, 0.3) is 5.91 Å². The maximum atomic E-state index is 13.1. The van der Waals surface area contributed by atoms with Crippen molar-refractivity contribution in [3.8, 4) is 0 Å². The summed E-state index contributed by atoms with van der Waals surface area (Å²) in [6.45, 7) is 5.01. The van der Waals surface area contributed by atoms with E-state index in [9.17, 15) is 9.18 Å². The molecule has 128 valence electrons. The second kappa shape index (κ2) is 7.18. The molecule has 4 nitrogen and oxygen atoms in total. The molecule has 1 aromatic heterocycles. The van der Waals surface area contributed by atoms with Crippen LogP contribution in [0.15, 0.2) is 34.7 Å². The van der Waals surface area contributed by atoms with Crippen molar-refractivity contribution in [2.75, 3.05) is 13.2 Å². The molecular weight excluding hydrogens is 309 g/mol. The Morgan fingerprint density at radius 1 is 1.33 bits per heavy atom. The van der Waals surface area contributed by atoms with Crippen molar-refractivity contribution in [3.05, 3.63) is 58.8 Å². The Kier molecular flexibility index (Phi) is 5.00. The van der Waals surface area contributed by atoms with E-state index >= 15 is 0 Å². The zero-order chi connectivity index (χ0) is 17.1. The molecule has 0 radical (unpaired) electrons. The Morgan fingerprint density at radius 2 is 2.08 bits per heavy atom. The number of hydrogen-bond acceptors (Lipinski definition) is 3. The summed E-state index contributed by atoms with van der Waals surface area (Å²) in [4.78, 5) is 12.3. The Balaban J connectivity index is 1.63. The second-order valence-corrected chi connectivity index (χ2v) is 6.18. The van der Waals surface area contributed by atoms with Crippen LogP contribution in [0.3, 0.4) is 0 Å². The molecule has 1 fully saturated rings. The lowest BCUT2D eigenvalue weighted by atomic mass is 9.95. The Morgan fingerprint density at radius 3 is 2.75 bits per heavy atom. The zero-order valence-corrected chi connectivity index (χ0v) is 14.0. The lowest BCUT2D eigenvalue weighted by Gasteiger charge is -2.19. The molecule has 5 heteroatoms. The summed E-state index contributed by atoms with van der Waals surface area (Å²) in [7, 11) is 0. The number of amides is 1. The molecular formula is C19H22FNO3. The second-order valence-electron chi connectivity index (χ2n) is 6.18. The van der Waals surface area contributed by atoms with Crippen LogP contribution in [-0.4, -0.2) is 19.1 Å². The lowest BCUT2D eigenvalue weighted by molar-refractivity contribution is 0.0831. The molecule has 0 spiro atoms. The summed E-state index contributed by atoms with van der Waals surface area (Å²) in [6, 6.07) is 8.25. The van der Waals surface area contributed by atoms with Gasteiger partial charge in [-0.05, 0) is 37.1 Å². The first-order valence-electron chi connectivity index (χ1n) is 8.33. The molecule has 0 unspecified atom stereocenters. The van der Waals surface area contributed by atoms with E-state index in [1.807, 2.05) is 19.9 Å². The van der Waals surface area contributed by atoms with Gasteiger partial charge in [-0.2, -0.15) is 0 Å². The maximum Gasteiger partial charge on any atom is 0.287 e. The van der Waals surface area contributed by atoms with Crippen LogP contribution < -0.4 is 5.32 Å². The highest BCUT2D eigenvalue weighted by Crippen LogP contribution is 2.34. The summed E-state index contributed by atoms with van der Waals surface area (Å²) in [5, 5.41) is 2.94. The van der Waals surface area contributed by atoms with Crippen molar-refractivity contribution in [3.63, 3.8) is 0 Å². The molecule has 1 saturated heterocycles. The number of carbonyl (C=O) groups excluding carboxylic acids is 1. The quantitative estimate of drug-likeness (QED) is 0.907. The van der Waals surface area contributed by atoms with Gasteiger partial charge in [0.1, 0.15) is 11.6 Å². The van der Waals surface area contributed by atoms with Gasteiger partial charge in [0.05, 0.1) is 6.10 Å². The fourth-order valence-corrected chi connectivity index (χ4v) is 3.12.